The molecule has 0 aromatic heterocycles. The summed E-state index contributed by atoms with van der Waals surface area (Å²) in [6, 6.07) is 1.19. The molecule has 0 atom stereocenters. The Labute approximate surface area is 61.3 Å². The normalized spacial score (nSPS) is 22.7. The van der Waals surface area contributed by atoms with E-state index in [9.17, 15) is 0 Å². The van der Waals surface area contributed by atoms with Crippen molar-refractivity contribution in [2.45, 2.75) is 25.9 Å². The lowest BCUT2D eigenvalue weighted by atomic mass is 10.1. The molecule has 2 nitrogen and oxygen atoms in total. The Hall–Kier alpha value is 0.210. The number of rotatable bonds is 2. The van der Waals surface area contributed by atoms with Crippen LogP contribution in [-0.4, -0.2) is 30.1 Å². The van der Waals surface area contributed by atoms with Gasteiger partial charge in [-0.3, -0.25) is 4.90 Å². The lowest BCUT2D eigenvalue weighted by Crippen LogP contribution is -2.57. The van der Waals surface area contributed by atoms with Crippen molar-refractivity contribution in [1.82, 2.24) is 9.74 Å². The Balaban J connectivity index is 2.12. The molecule has 0 amide bonds. The SMILES string of the molecule is CC(C)N1CC(NCl)C1. The summed E-state index contributed by atoms with van der Waals surface area (Å²) in [5.74, 6) is 0. The summed E-state index contributed by atoms with van der Waals surface area (Å²) in [6.45, 7) is 6.59. The van der Waals surface area contributed by atoms with Crippen molar-refractivity contribution < 1.29 is 0 Å². The minimum atomic E-state index is 0.522. The largest absolute Gasteiger partial charge is 0.298 e. The van der Waals surface area contributed by atoms with Gasteiger partial charge in [0.2, 0.25) is 0 Å². The zero-order chi connectivity index (χ0) is 6.85. The number of nitrogens with one attached hydrogen (secondary N) is 1. The average Bonchev–Trinajstić information content (AvgIpc) is 1.61. The van der Waals surface area contributed by atoms with Crippen molar-refractivity contribution in [2.24, 2.45) is 0 Å². The van der Waals surface area contributed by atoms with Gasteiger partial charge < -0.3 is 0 Å². The van der Waals surface area contributed by atoms with E-state index >= 15 is 0 Å². The Kier molecular flexibility index (Phi) is 2.33. The number of nitrogens with zero attached hydrogens (tertiary/aromatic N) is 1. The minimum Gasteiger partial charge on any atom is -0.298 e. The Morgan fingerprint density at radius 1 is 1.56 bits per heavy atom. The first-order valence-electron chi connectivity index (χ1n) is 3.34. The van der Waals surface area contributed by atoms with E-state index in [-0.39, 0.29) is 0 Å². The summed E-state index contributed by atoms with van der Waals surface area (Å²) < 4.78 is 0. The van der Waals surface area contributed by atoms with E-state index in [1.165, 1.54) is 0 Å². The summed E-state index contributed by atoms with van der Waals surface area (Å²) in [6.07, 6.45) is 0. The van der Waals surface area contributed by atoms with Crippen LogP contribution in [0.25, 0.3) is 0 Å². The maximum Gasteiger partial charge on any atom is 0.0475 e. The molecule has 54 valence electrons. The fourth-order valence-electron chi connectivity index (χ4n) is 1.00. The fraction of sp³-hybridized carbons (Fsp3) is 1.00. The molecule has 1 saturated heterocycles. The van der Waals surface area contributed by atoms with Crippen LogP contribution < -0.4 is 4.84 Å². The molecule has 0 bridgehead atoms. The van der Waals surface area contributed by atoms with E-state index in [1.807, 2.05) is 0 Å². The molecular formula is C6H13ClN2. The molecule has 0 aromatic carbocycles. The molecule has 0 radical (unpaired) electrons. The monoisotopic (exact) mass is 148 g/mol. The minimum absolute atomic E-state index is 0.522. The van der Waals surface area contributed by atoms with Gasteiger partial charge in [-0.25, -0.2) is 4.84 Å². The number of likely N-dealkylation sites (tertiary alicyclic amines) is 1. The first-order valence-corrected chi connectivity index (χ1v) is 3.72. The average molecular weight is 149 g/mol. The second kappa shape index (κ2) is 2.86. The van der Waals surface area contributed by atoms with Gasteiger partial charge in [-0.1, -0.05) is 0 Å². The van der Waals surface area contributed by atoms with Gasteiger partial charge in [-0.2, -0.15) is 0 Å². The number of hydrogen-bond donors (Lipinski definition) is 1. The van der Waals surface area contributed by atoms with Gasteiger partial charge in [-0.15, -0.1) is 0 Å². The number of halogens is 1. The van der Waals surface area contributed by atoms with Crippen LogP contribution in [0, 0.1) is 0 Å². The van der Waals surface area contributed by atoms with Gasteiger partial charge in [0.25, 0.3) is 0 Å². The molecule has 1 N–H and O–H groups in total. The summed E-state index contributed by atoms with van der Waals surface area (Å²) in [7, 11) is 0. The zero-order valence-electron chi connectivity index (χ0n) is 5.89. The van der Waals surface area contributed by atoms with E-state index in [0.29, 0.717) is 12.1 Å². The quantitative estimate of drug-likeness (QED) is 0.584. The highest BCUT2D eigenvalue weighted by atomic mass is 35.5. The van der Waals surface area contributed by atoms with E-state index in [4.69, 9.17) is 11.8 Å². The molecule has 3 heteroatoms. The van der Waals surface area contributed by atoms with Crippen molar-refractivity contribution >= 4 is 11.8 Å². The van der Waals surface area contributed by atoms with Gasteiger partial charge in [0.05, 0.1) is 0 Å². The third-order valence-corrected chi connectivity index (χ3v) is 2.10. The van der Waals surface area contributed by atoms with E-state index in [0.717, 1.165) is 13.1 Å². The number of hydrogen-bond acceptors (Lipinski definition) is 2. The van der Waals surface area contributed by atoms with Gasteiger partial charge in [-0.05, 0) is 25.6 Å². The Morgan fingerprint density at radius 2 is 2.11 bits per heavy atom. The summed E-state index contributed by atoms with van der Waals surface area (Å²) >= 11 is 5.40. The first-order chi connectivity index (χ1) is 4.24. The van der Waals surface area contributed by atoms with E-state index in [1.54, 1.807) is 0 Å². The molecule has 1 aliphatic heterocycles. The molecule has 9 heavy (non-hydrogen) atoms. The van der Waals surface area contributed by atoms with Crippen molar-refractivity contribution in [2.75, 3.05) is 13.1 Å². The molecule has 0 spiro atoms. The standard InChI is InChI=1S/C6H13ClN2/c1-5(2)9-3-6(4-9)8-7/h5-6,8H,3-4H2,1-2H3. The molecule has 0 unspecified atom stereocenters. The Morgan fingerprint density at radius 3 is 2.44 bits per heavy atom. The second-order valence-electron chi connectivity index (χ2n) is 2.85. The first kappa shape index (κ1) is 7.32. The maximum absolute atomic E-state index is 5.40. The third-order valence-electron chi connectivity index (χ3n) is 1.79. The van der Waals surface area contributed by atoms with Gasteiger partial charge >= 0.3 is 0 Å². The van der Waals surface area contributed by atoms with Gasteiger partial charge in [0.1, 0.15) is 0 Å². The highest BCUT2D eigenvalue weighted by Gasteiger charge is 2.27. The smallest absolute Gasteiger partial charge is 0.0475 e. The molecule has 0 saturated carbocycles. The van der Waals surface area contributed by atoms with Crippen LogP contribution in [0.1, 0.15) is 13.8 Å². The van der Waals surface area contributed by atoms with Crippen molar-refractivity contribution in [3.63, 3.8) is 0 Å². The molecule has 1 rings (SSSR count). The van der Waals surface area contributed by atoms with Crippen LogP contribution in [-0.2, 0) is 0 Å². The molecule has 1 aliphatic rings. The zero-order valence-corrected chi connectivity index (χ0v) is 6.65. The lowest BCUT2D eigenvalue weighted by molar-refractivity contribution is 0.105. The second-order valence-corrected chi connectivity index (χ2v) is 3.07. The van der Waals surface area contributed by atoms with E-state index in [2.05, 4.69) is 23.6 Å². The van der Waals surface area contributed by atoms with Crippen molar-refractivity contribution in [1.29, 1.82) is 0 Å². The molecule has 0 aromatic rings. The van der Waals surface area contributed by atoms with Gasteiger partial charge in [0.15, 0.2) is 0 Å². The predicted molar refractivity (Wildman–Crippen MR) is 39.5 cm³/mol. The summed E-state index contributed by atoms with van der Waals surface area (Å²) in [5.41, 5.74) is 0. The van der Waals surface area contributed by atoms with Crippen LogP contribution in [0.4, 0.5) is 0 Å². The molecule has 1 heterocycles. The lowest BCUT2D eigenvalue weighted by Gasteiger charge is -2.41. The maximum atomic E-state index is 5.40. The molecular weight excluding hydrogens is 136 g/mol. The van der Waals surface area contributed by atoms with Crippen molar-refractivity contribution in [3.8, 4) is 0 Å². The summed E-state index contributed by atoms with van der Waals surface area (Å²) in [5, 5.41) is 0. The predicted octanol–water partition coefficient (Wildman–Crippen LogP) is 0.822. The fourth-order valence-corrected chi connectivity index (χ4v) is 1.14. The molecule has 1 fully saturated rings. The van der Waals surface area contributed by atoms with Crippen LogP contribution in [0.5, 0.6) is 0 Å². The highest BCUT2D eigenvalue weighted by molar-refractivity contribution is 6.13. The van der Waals surface area contributed by atoms with E-state index < -0.39 is 0 Å². The summed E-state index contributed by atoms with van der Waals surface area (Å²) in [4.78, 5) is 5.09. The third kappa shape index (κ3) is 1.57. The Bertz CT molecular complexity index is 89.1. The van der Waals surface area contributed by atoms with Crippen LogP contribution >= 0.6 is 11.8 Å². The molecule has 0 aliphatic carbocycles. The van der Waals surface area contributed by atoms with Crippen molar-refractivity contribution in [3.05, 3.63) is 0 Å². The van der Waals surface area contributed by atoms with Crippen LogP contribution in [0.2, 0.25) is 0 Å². The topological polar surface area (TPSA) is 15.3 Å². The van der Waals surface area contributed by atoms with Crippen LogP contribution in [0.3, 0.4) is 0 Å². The van der Waals surface area contributed by atoms with Crippen LogP contribution in [0.15, 0.2) is 0 Å². The van der Waals surface area contributed by atoms with Gasteiger partial charge in [0, 0.05) is 25.2 Å². The highest BCUT2D eigenvalue weighted by Crippen LogP contribution is 2.11.